The van der Waals surface area contributed by atoms with Crippen molar-refractivity contribution in [3.63, 3.8) is 0 Å². The topological polar surface area (TPSA) is 69.7 Å². The van der Waals surface area contributed by atoms with E-state index >= 15 is 0 Å². The van der Waals surface area contributed by atoms with E-state index in [4.69, 9.17) is 0 Å². The SMILES string of the molecule is CCN(CC)C(=O)CN1C(=O)NC(CC)(c2ccccc2)C1=O. The van der Waals surface area contributed by atoms with Crippen LogP contribution in [0.4, 0.5) is 4.79 Å². The Hall–Kier alpha value is -2.37. The lowest BCUT2D eigenvalue weighted by molar-refractivity contribution is -0.139. The number of likely N-dealkylation sites (N-methyl/N-ethyl adjacent to an activating group) is 1. The van der Waals surface area contributed by atoms with Crippen molar-refractivity contribution in [1.29, 1.82) is 0 Å². The highest BCUT2D eigenvalue weighted by atomic mass is 16.2. The van der Waals surface area contributed by atoms with Gasteiger partial charge in [0.25, 0.3) is 5.91 Å². The lowest BCUT2D eigenvalue weighted by Gasteiger charge is -2.26. The summed E-state index contributed by atoms with van der Waals surface area (Å²) in [5, 5.41) is 2.78. The summed E-state index contributed by atoms with van der Waals surface area (Å²) in [5.41, 5.74) is -0.347. The number of carbonyl (C=O) groups excluding carboxylic acids is 3. The Morgan fingerprint density at radius 3 is 2.26 bits per heavy atom. The van der Waals surface area contributed by atoms with Crippen LogP contribution in [-0.2, 0) is 15.1 Å². The van der Waals surface area contributed by atoms with Crippen LogP contribution in [0.25, 0.3) is 0 Å². The van der Waals surface area contributed by atoms with E-state index in [9.17, 15) is 14.4 Å². The van der Waals surface area contributed by atoms with Crippen LogP contribution >= 0.6 is 0 Å². The number of carbonyl (C=O) groups is 3. The summed E-state index contributed by atoms with van der Waals surface area (Å²) in [6, 6.07) is 8.64. The number of urea groups is 1. The summed E-state index contributed by atoms with van der Waals surface area (Å²) < 4.78 is 0. The second-order valence-corrected chi connectivity index (χ2v) is 5.51. The summed E-state index contributed by atoms with van der Waals surface area (Å²) in [7, 11) is 0. The quantitative estimate of drug-likeness (QED) is 0.812. The van der Waals surface area contributed by atoms with Gasteiger partial charge in [-0.3, -0.25) is 14.5 Å². The minimum absolute atomic E-state index is 0.221. The van der Waals surface area contributed by atoms with Crippen LogP contribution in [-0.4, -0.2) is 47.3 Å². The molecule has 0 saturated carbocycles. The molecule has 23 heavy (non-hydrogen) atoms. The van der Waals surface area contributed by atoms with Crippen LogP contribution in [0, 0.1) is 0 Å². The molecule has 1 atom stereocenters. The van der Waals surface area contributed by atoms with Crippen molar-refractivity contribution in [3.8, 4) is 0 Å². The van der Waals surface area contributed by atoms with Crippen LogP contribution < -0.4 is 5.32 Å². The maximum atomic E-state index is 12.9. The van der Waals surface area contributed by atoms with Crippen molar-refractivity contribution in [2.24, 2.45) is 0 Å². The zero-order valence-electron chi connectivity index (χ0n) is 13.8. The average molecular weight is 317 g/mol. The van der Waals surface area contributed by atoms with Crippen molar-refractivity contribution < 1.29 is 14.4 Å². The molecule has 1 N–H and O–H groups in total. The van der Waals surface area contributed by atoms with E-state index in [1.54, 1.807) is 4.90 Å². The number of rotatable bonds is 6. The molecule has 0 radical (unpaired) electrons. The molecule has 1 aromatic rings. The molecule has 1 aromatic carbocycles. The monoisotopic (exact) mass is 317 g/mol. The predicted molar refractivity (Wildman–Crippen MR) is 86.6 cm³/mol. The summed E-state index contributed by atoms with van der Waals surface area (Å²) in [5.74, 6) is -0.588. The predicted octanol–water partition coefficient (Wildman–Crippen LogP) is 1.71. The van der Waals surface area contributed by atoms with Crippen LogP contribution in [0.5, 0.6) is 0 Å². The Kier molecular flexibility index (Phi) is 5.03. The summed E-state index contributed by atoms with van der Waals surface area (Å²) in [4.78, 5) is 40.0. The third kappa shape index (κ3) is 2.93. The Balaban J connectivity index is 2.27. The van der Waals surface area contributed by atoms with Crippen LogP contribution in [0.2, 0.25) is 0 Å². The maximum Gasteiger partial charge on any atom is 0.325 e. The molecule has 1 aliphatic heterocycles. The van der Waals surface area contributed by atoms with Crippen molar-refractivity contribution in [2.75, 3.05) is 19.6 Å². The second kappa shape index (κ2) is 6.81. The first-order valence-corrected chi connectivity index (χ1v) is 7.97. The highest BCUT2D eigenvalue weighted by Gasteiger charge is 2.51. The zero-order chi connectivity index (χ0) is 17.0. The molecule has 0 spiro atoms. The molecule has 124 valence electrons. The van der Waals surface area contributed by atoms with Gasteiger partial charge >= 0.3 is 6.03 Å². The molecule has 1 fully saturated rings. The van der Waals surface area contributed by atoms with Gasteiger partial charge in [-0.25, -0.2) is 4.79 Å². The number of imide groups is 1. The van der Waals surface area contributed by atoms with Gasteiger partial charge in [0.2, 0.25) is 5.91 Å². The van der Waals surface area contributed by atoms with Crippen molar-refractivity contribution >= 4 is 17.8 Å². The fourth-order valence-electron chi connectivity index (χ4n) is 2.94. The fraction of sp³-hybridized carbons (Fsp3) is 0.471. The van der Waals surface area contributed by atoms with Gasteiger partial charge in [0.05, 0.1) is 0 Å². The molecule has 1 unspecified atom stereocenters. The third-order valence-corrected chi connectivity index (χ3v) is 4.38. The van der Waals surface area contributed by atoms with E-state index < -0.39 is 11.6 Å². The normalized spacial score (nSPS) is 20.6. The van der Waals surface area contributed by atoms with Crippen molar-refractivity contribution in [2.45, 2.75) is 32.7 Å². The number of benzene rings is 1. The molecule has 0 bridgehead atoms. The first-order valence-electron chi connectivity index (χ1n) is 7.97. The molecule has 6 nitrogen and oxygen atoms in total. The molecule has 2 rings (SSSR count). The van der Waals surface area contributed by atoms with Crippen molar-refractivity contribution in [1.82, 2.24) is 15.1 Å². The van der Waals surface area contributed by atoms with E-state index in [0.29, 0.717) is 19.5 Å². The molecule has 0 aliphatic carbocycles. The third-order valence-electron chi connectivity index (χ3n) is 4.38. The van der Waals surface area contributed by atoms with Gasteiger partial charge in [0.1, 0.15) is 12.1 Å². The van der Waals surface area contributed by atoms with Crippen molar-refractivity contribution in [3.05, 3.63) is 35.9 Å². The van der Waals surface area contributed by atoms with Gasteiger partial charge in [-0.2, -0.15) is 0 Å². The number of nitrogens with one attached hydrogen (secondary N) is 1. The van der Waals surface area contributed by atoms with E-state index in [-0.39, 0.29) is 18.4 Å². The molecule has 1 aliphatic rings. The zero-order valence-corrected chi connectivity index (χ0v) is 13.8. The Labute approximate surface area is 136 Å². The molecule has 1 saturated heterocycles. The van der Waals surface area contributed by atoms with Crippen LogP contribution in [0.3, 0.4) is 0 Å². The molecular weight excluding hydrogens is 294 g/mol. The van der Waals surface area contributed by atoms with E-state index in [1.807, 2.05) is 51.1 Å². The number of amides is 4. The van der Waals surface area contributed by atoms with Gasteiger partial charge < -0.3 is 10.2 Å². The lowest BCUT2D eigenvalue weighted by Crippen LogP contribution is -2.45. The number of nitrogens with zero attached hydrogens (tertiary/aromatic N) is 2. The number of hydrogen-bond donors (Lipinski definition) is 1. The average Bonchev–Trinajstić information content (AvgIpc) is 2.82. The molecular formula is C17H23N3O3. The lowest BCUT2D eigenvalue weighted by atomic mass is 9.87. The fourth-order valence-corrected chi connectivity index (χ4v) is 2.94. The van der Waals surface area contributed by atoms with Gasteiger partial charge in [0.15, 0.2) is 0 Å². The first kappa shape index (κ1) is 17.0. The molecule has 1 heterocycles. The Morgan fingerprint density at radius 1 is 1.13 bits per heavy atom. The Morgan fingerprint density at radius 2 is 1.74 bits per heavy atom. The van der Waals surface area contributed by atoms with Gasteiger partial charge in [0, 0.05) is 13.1 Å². The standard InChI is InChI=1S/C17H23N3O3/c1-4-17(13-10-8-7-9-11-13)15(22)20(16(23)18-17)12-14(21)19(5-2)6-3/h7-11H,4-6,12H2,1-3H3,(H,18,23). The van der Waals surface area contributed by atoms with Crippen LogP contribution in [0.15, 0.2) is 30.3 Å². The van der Waals surface area contributed by atoms with E-state index in [0.717, 1.165) is 10.5 Å². The van der Waals surface area contributed by atoms with Crippen LogP contribution in [0.1, 0.15) is 32.8 Å². The minimum atomic E-state index is -1.08. The summed E-state index contributed by atoms with van der Waals surface area (Å²) >= 11 is 0. The Bertz CT molecular complexity index is 598. The highest BCUT2D eigenvalue weighted by Crippen LogP contribution is 2.32. The van der Waals surface area contributed by atoms with Gasteiger partial charge in [-0.15, -0.1) is 0 Å². The van der Waals surface area contributed by atoms with E-state index in [1.165, 1.54) is 0 Å². The van der Waals surface area contributed by atoms with E-state index in [2.05, 4.69) is 5.32 Å². The summed E-state index contributed by atoms with van der Waals surface area (Å²) in [6.07, 6.45) is 0.428. The second-order valence-electron chi connectivity index (χ2n) is 5.51. The molecule has 0 aromatic heterocycles. The first-order chi connectivity index (χ1) is 11.0. The van der Waals surface area contributed by atoms with Gasteiger partial charge in [-0.05, 0) is 25.8 Å². The molecule has 4 amide bonds. The smallest absolute Gasteiger partial charge is 0.325 e. The van der Waals surface area contributed by atoms with Gasteiger partial charge in [-0.1, -0.05) is 37.3 Å². The largest absolute Gasteiger partial charge is 0.342 e. The minimum Gasteiger partial charge on any atom is -0.342 e. The molecule has 6 heteroatoms. The maximum absolute atomic E-state index is 12.9. The highest BCUT2D eigenvalue weighted by molar-refractivity contribution is 6.09. The summed E-state index contributed by atoms with van der Waals surface area (Å²) in [6.45, 7) is 6.47. The number of hydrogen-bond acceptors (Lipinski definition) is 3.